The summed E-state index contributed by atoms with van der Waals surface area (Å²) in [7, 11) is 5.91. The van der Waals surface area contributed by atoms with E-state index in [1.54, 1.807) is 7.11 Å². The highest BCUT2D eigenvalue weighted by Gasteiger charge is 2.32. The first-order chi connectivity index (χ1) is 8.49. The van der Waals surface area contributed by atoms with Gasteiger partial charge in [0, 0.05) is 26.2 Å². The molecular weight excluding hydrogens is 230 g/mol. The molecule has 3 unspecified atom stereocenters. The lowest BCUT2D eigenvalue weighted by molar-refractivity contribution is 0.185. The van der Waals surface area contributed by atoms with E-state index in [4.69, 9.17) is 10.6 Å². The number of hydrogen-bond donors (Lipinski definition) is 2. The van der Waals surface area contributed by atoms with Gasteiger partial charge in [0.25, 0.3) is 0 Å². The van der Waals surface area contributed by atoms with E-state index in [9.17, 15) is 0 Å². The van der Waals surface area contributed by atoms with Gasteiger partial charge in [0.1, 0.15) is 0 Å². The first kappa shape index (κ1) is 15.2. The normalized spacial score (nSPS) is 26.8. The molecule has 6 nitrogen and oxygen atoms in total. The number of nitrogens with zero attached hydrogens (tertiary/aromatic N) is 3. The van der Waals surface area contributed by atoms with Crippen molar-refractivity contribution in [2.24, 2.45) is 16.8 Å². The van der Waals surface area contributed by atoms with Gasteiger partial charge in [-0.2, -0.15) is 0 Å². The Morgan fingerprint density at radius 3 is 2.67 bits per heavy atom. The zero-order chi connectivity index (χ0) is 13.7. The van der Waals surface area contributed by atoms with Gasteiger partial charge in [-0.3, -0.25) is 5.43 Å². The van der Waals surface area contributed by atoms with Crippen molar-refractivity contribution < 1.29 is 4.74 Å². The Bertz CT molecular complexity index is 282. The van der Waals surface area contributed by atoms with E-state index in [-0.39, 0.29) is 6.04 Å². The summed E-state index contributed by atoms with van der Waals surface area (Å²) in [5.74, 6) is 6.95. The van der Waals surface area contributed by atoms with Gasteiger partial charge in [-0.25, -0.2) is 10.8 Å². The average molecular weight is 257 g/mol. The number of guanidine groups is 1. The second kappa shape index (κ2) is 6.92. The quantitative estimate of drug-likeness (QED) is 0.314. The summed E-state index contributed by atoms with van der Waals surface area (Å²) < 4.78 is 5.09. The summed E-state index contributed by atoms with van der Waals surface area (Å²) >= 11 is 0. The van der Waals surface area contributed by atoms with Crippen LogP contribution in [0.2, 0.25) is 0 Å². The Morgan fingerprint density at radius 1 is 1.56 bits per heavy atom. The molecule has 1 aliphatic heterocycles. The zero-order valence-electron chi connectivity index (χ0n) is 12.2. The van der Waals surface area contributed by atoms with Gasteiger partial charge in [0.05, 0.1) is 12.6 Å². The van der Waals surface area contributed by atoms with Gasteiger partial charge in [-0.15, -0.1) is 0 Å². The summed E-state index contributed by atoms with van der Waals surface area (Å²) in [5, 5.41) is 0. The summed E-state index contributed by atoms with van der Waals surface area (Å²) in [6.07, 6.45) is 0. The lowest BCUT2D eigenvalue weighted by Crippen LogP contribution is -2.45. The monoisotopic (exact) mass is 257 g/mol. The molecule has 1 rings (SSSR count). The fourth-order valence-electron chi connectivity index (χ4n) is 2.49. The lowest BCUT2D eigenvalue weighted by atomic mass is 10.1. The molecule has 1 aliphatic rings. The molecule has 0 saturated carbocycles. The number of nitrogens with two attached hydrogens (primary N) is 1. The van der Waals surface area contributed by atoms with Crippen LogP contribution in [0.25, 0.3) is 0 Å². The fraction of sp³-hybridized carbons (Fsp3) is 0.917. The Labute approximate surface area is 110 Å². The van der Waals surface area contributed by atoms with E-state index in [1.165, 1.54) is 0 Å². The van der Waals surface area contributed by atoms with Crippen molar-refractivity contribution >= 4 is 5.96 Å². The number of likely N-dealkylation sites (N-methyl/N-ethyl adjacent to an activating group) is 1. The Balaban J connectivity index is 2.67. The molecule has 3 N–H and O–H groups in total. The van der Waals surface area contributed by atoms with Gasteiger partial charge in [0.2, 0.25) is 5.96 Å². The number of likely N-dealkylation sites (tertiary alicyclic amines) is 1. The topological polar surface area (TPSA) is 66.1 Å². The van der Waals surface area contributed by atoms with Crippen molar-refractivity contribution in [2.45, 2.75) is 25.9 Å². The van der Waals surface area contributed by atoms with E-state index < -0.39 is 0 Å². The van der Waals surface area contributed by atoms with Crippen molar-refractivity contribution in [3.05, 3.63) is 0 Å². The van der Waals surface area contributed by atoms with Crippen LogP contribution < -0.4 is 11.3 Å². The molecule has 3 atom stereocenters. The SMILES string of the molecule is COCC(C)N=C(NN)N1CC(C)C(N(C)C)C1. The van der Waals surface area contributed by atoms with Crippen LogP contribution in [0.15, 0.2) is 4.99 Å². The molecule has 18 heavy (non-hydrogen) atoms. The maximum absolute atomic E-state index is 5.59. The molecule has 0 bridgehead atoms. The smallest absolute Gasteiger partial charge is 0.208 e. The molecule has 1 heterocycles. The van der Waals surface area contributed by atoms with Crippen molar-refractivity contribution in [2.75, 3.05) is 40.9 Å². The average Bonchev–Trinajstić information content (AvgIpc) is 2.68. The van der Waals surface area contributed by atoms with E-state index in [0.29, 0.717) is 18.6 Å². The van der Waals surface area contributed by atoms with Crippen LogP contribution in [0.5, 0.6) is 0 Å². The van der Waals surface area contributed by atoms with E-state index >= 15 is 0 Å². The lowest BCUT2D eigenvalue weighted by Gasteiger charge is -2.23. The maximum atomic E-state index is 5.59. The number of rotatable bonds is 4. The molecule has 6 heteroatoms. The molecule has 0 amide bonds. The van der Waals surface area contributed by atoms with Gasteiger partial charge in [-0.05, 0) is 26.9 Å². The Hall–Kier alpha value is -0.850. The van der Waals surface area contributed by atoms with Crippen molar-refractivity contribution in [1.29, 1.82) is 0 Å². The molecule has 0 aromatic rings. The van der Waals surface area contributed by atoms with Crippen LogP contribution in [0.4, 0.5) is 0 Å². The van der Waals surface area contributed by atoms with Gasteiger partial charge < -0.3 is 14.5 Å². The van der Waals surface area contributed by atoms with Crippen LogP contribution >= 0.6 is 0 Å². The highest BCUT2D eigenvalue weighted by atomic mass is 16.5. The Morgan fingerprint density at radius 2 is 2.22 bits per heavy atom. The van der Waals surface area contributed by atoms with Crippen LogP contribution in [-0.2, 0) is 4.74 Å². The summed E-state index contributed by atoms with van der Waals surface area (Å²) in [6.45, 7) is 6.81. The van der Waals surface area contributed by atoms with Crippen molar-refractivity contribution in [3.8, 4) is 0 Å². The minimum atomic E-state index is 0.106. The summed E-state index contributed by atoms with van der Waals surface area (Å²) in [5.41, 5.74) is 2.72. The Kier molecular flexibility index (Phi) is 5.84. The predicted molar refractivity (Wildman–Crippen MR) is 74.3 cm³/mol. The molecule has 1 fully saturated rings. The number of aliphatic imine (C=N–C) groups is 1. The zero-order valence-corrected chi connectivity index (χ0v) is 12.2. The minimum Gasteiger partial charge on any atom is -0.382 e. The number of methoxy groups -OCH3 is 1. The third-order valence-corrected chi connectivity index (χ3v) is 3.42. The molecule has 0 aromatic carbocycles. The minimum absolute atomic E-state index is 0.106. The molecule has 0 aliphatic carbocycles. The first-order valence-electron chi connectivity index (χ1n) is 6.44. The number of hydrogen-bond acceptors (Lipinski definition) is 4. The van der Waals surface area contributed by atoms with Gasteiger partial charge in [0.15, 0.2) is 0 Å². The number of ether oxygens (including phenoxy) is 1. The third kappa shape index (κ3) is 3.83. The standard InChI is InChI=1S/C12H27N5O/c1-9-6-17(7-11(9)16(3)4)12(15-13)14-10(2)8-18-5/h9-11H,6-8,13H2,1-5H3,(H,14,15). The molecular formula is C12H27N5O. The van der Waals surface area contributed by atoms with Crippen molar-refractivity contribution in [1.82, 2.24) is 15.2 Å². The number of nitrogens with one attached hydrogen (secondary N) is 1. The molecule has 106 valence electrons. The molecule has 0 aromatic heterocycles. The summed E-state index contributed by atoms with van der Waals surface area (Å²) in [4.78, 5) is 9.03. The van der Waals surface area contributed by atoms with Gasteiger partial charge in [-0.1, -0.05) is 6.92 Å². The molecule has 0 spiro atoms. The molecule has 0 radical (unpaired) electrons. The van der Waals surface area contributed by atoms with Crippen LogP contribution in [0.3, 0.4) is 0 Å². The first-order valence-corrected chi connectivity index (χ1v) is 6.44. The van der Waals surface area contributed by atoms with E-state index in [1.807, 2.05) is 6.92 Å². The van der Waals surface area contributed by atoms with E-state index in [2.05, 4.69) is 41.2 Å². The highest BCUT2D eigenvalue weighted by Crippen LogP contribution is 2.19. The highest BCUT2D eigenvalue weighted by molar-refractivity contribution is 5.80. The molecule has 1 saturated heterocycles. The van der Waals surface area contributed by atoms with E-state index in [0.717, 1.165) is 19.0 Å². The van der Waals surface area contributed by atoms with Crippen LogP contribution in [-0.4, -0.2) is 68.7 Å². The maximum Gasteiger partial charge on any atom is 0.208 e. The second-order valence-electron chi connectivity index (χ2n) is 5.31. The largest absolute Gasteiger partial charge is 0.382 e. The fourth-order valence-corrected chi connectivity index (χ4v) is 2.49. The van der Waals surface area contributed by atoms with Crippen molar-refractivity contribution in [3.63, 3.8) is 0 Å². The van der Waals surface area contributed by atoms with Gasteiger partial charge >= 0.3 is 0 Å². The second-order valence-corrected chi connectivity index (χ2v) is 5.31. The van der Waals surface area contributed by atoms with Crippen LogP contribution in [0, 0.1) is 5.92 Å². The third-order valence-electron chi connectivity index (χ3n) is 3.42. The number of hydrazine groups is 1. The van der Waals surface area contributed by atoms with Crippen LogP contribution in [0.1, 0.15) is 13.8 Å². The summed E-state index contributed by atoms with van der Waals surface area (Å²) in [6, 6.07) is 0.649. The predicted octanol–water partition coefficient (Wildman–Crippen LogP) is -0.277.